The Morgan fingerprint density at radius 2 is 1.86 bits per heavy atom. The van der Waals surface area contributed by atoms with Crippen LogP contribution in [0.15, 0.2) is 42.6 Å². The molecule has 2 atom stereocenters. The van der Waals surface area contributed by atoms with Crippen LogP contribution in [-0.4, -0.2) is 56.8 Å². The first-order chi connectivity index (χ1) is 17.2. The van der Waals surface area contributed by atoms with Crippen LogP contribution in [0, 0.1) is 12.3 Å². The molecule has 1 saturated heterocycles. The predicted molar refractivity (Wildman–Crippen MR) is 152 cm³/mol. The molecule has 0 bridgehead atoms. The molecule has 1 aliphatic heterocycles. The van der Waals surface area contributed by atoms with E-state index in [0.29, 0.717) is 12.0 Å². The van der Waals surface area contributed by atoms with E-state index in [2.05, 4.69) is 78.6 Å². The van der Waals surface area contributed by atoms with Gasteiger partial charge in [-0.2, -0.15) is 0 Å². The van der Waals surface area contributed by atoms with Gasteiger partial charge in [0.05, 0.1) is 6.04 Å². The lowest BCUT2D eigenvalue weighted by Gasteiger charge is -2.40. The van der Waals surface area contributed by atoms with E-state index in [9.17, 15) is 4.79 Å². The third-order valence-electron chi connectivity index (χ3n) is 7.36. The second-order valence-corrected chi connectivity index (χ2v) is 10.3. The Morgan fingerprint density at radius 3 is 2.50 bits per heavy atom. The van der Waals surface area contributed by atoms with Gasteiger partial charge in [-0.15, -0.1) is 0 Å². The van der Waals surface area contributed by atoms with E-state index in [-0.39, 0.29) is 11.9 Å². The van der Waals surface area contributed by atoms with E-state index >= 15 is 0 Å². The van der Waals surface area contributed by atoms with Crippen LogP contribution >= 0.6 is 0 Å². The van der Waals surface area contributed by atoms with Crippen molar-refractivity contribution in [3.8, 4) is 0 Å². The van der Waals surface area contributed by atoms with Gasteiger partial charge in [-0.25, -0.2) is 0 Å². The van der Waals surface area contributed by atoms with E-state index in [4.69, 9.17) is 5.41 Å². The molecule has 2 aromatic rings. The lowest BCUT2D eigenvalue weighted by atomic mass is 9.92. The maximum absolute atomic E-state index is 13.5. The summed E-state index contributed by atoms with van der Waals surface area (Å²) in [6, 6.07) is 13.0. The Balaban J connectivity index is 1.85. The van der Waals surface area contributed by atoms with Crippen LogP contribution in [-0.2, 0) is 0 Å². The van der Waals surface area contributed by atoms with Crippen molar-refractivity contribution in [2.75, 3.05) is 38.6 Å². The smallest absolute Gasteiger partial charge is 0.252 e. The molecule has 0 unspecified atom stereocenters. The van der Waals surface area contributed by atoms with Crippen molar-refractivity contribution in [1.82, 2.24) is 15.5 Å². The Morgan fingerprint density at radius 1 is 1.14 bits per heavy atom. The topological polar surface area (TPSA) is 71.5 Å². The molecule has 1 aliphatic rings. The Hall–Kier alpha value is -3.12. The van der Waals surface area contributed by atoms with Crippen molar-refractivity contribution in [3.63, 3.8) is 0 Å². The summed E-state index contributed by atoms with van der Waals surface area (Å²) in [6.07, 6.45) is 4.30. The van der Waals surface area contributed by atoms with E-state index in [1.807, 2.05) is 33.2 Å². The zero-order valence-electron chi connectivity index (χ0n) is 23.0. The van der Waals surface area contributed by atoms with Gasteiger partial charge in [0.25, 0.3) is 5.91 Å². The number of likely N-dealkylation sites (N-methyl/N-ethyl adjacent to an activating group) is 1. The molecule has 1 fully saturated rings. The highest BCUT2D eigenvalue weighted by Crippen LogP contribution is 2.27. The fraction of sp³-hybridized carbons (Fsp3) is 0.467. The molecule has 1 heterocycles. The Bertz CT molecular complexity index is 1110. The SMILES string of the molecule is CC[C@H]1CN(c2ccc(C)c(C(=O)N[C@H](C)c3cc(/C(C=N)=C/NC)cc(C(C)C)c3)c2)CCN1C. The summed E-state index contributed by atoms with van der Waals surface area (Å²) in [5.74, 6) is 0.278. The van der Waals surface area contributed by atoms with Gasteiger partial charge >= 0.3 is 0 Å². The first kappa shape index (κ1) is 27.5. The van der Waals surface area contributed by atoms with Crippen LogP contribution in [0.2, 0.25) is 0 Å². The van der Waals surface area contributed by atoms with Crippen LogP contribution in [0.25, 0.3) is 5.57 Å². The molecule has 1 amide bonds. The van der Waals surface area contributed by atoms with E-state index < -0.39 is 0 Å². The summed E-state index contributed by atoms with van der Waals surface area (Å²) in [4.78, 5) is 18.3. The number of allylic oxidation sites excluding steroid dienone is 1. The van der Waals surface area contributed by atoms with Crippen LogP contribution in [0.1, 0.15) is 78.7 Å². The first-order valence-electron chi connectivity index (χ1n) is 13.1. The number of carbonyl (C=O) groups excluding carboxylic acids is 1. The number of hydrogen-bond acceptors (Lipinski definition) is 5. The Kier molecular flexibility index (Phi) is 9.32. The number of aryl methyl sites for hydroxylation is 1. The van der Waals surface area contributed by atoms with E-state index in [0.717, 1.165) is 59.6 Å². The molecule has 0 radical (unpaired) electrons. The van der Waals surface area contributed by atoms with Crippen molar-refractivity contribution in [1.29, 1.82) is 5.41 Å². The molecule has 194 valence electrons. The largest absolute Gasteiger partial charge is 0.393 e. The van der Waals surface area contributed by atoms with Crippen LogP contribution in [0.5, 0.6) is 0 Å². The van der Waals surface area contributed by atoms with Gasteiger partial charge in [-0.3, -0.25) is 9.69 Å². The lowest BCUT2D eigenvalue weighted by molar-refractivity contribution is 0.0939. The molecule has 3 N–H and O–H groups in total. The maximum atomic E-state index is 13.5. The second-order valence-electron chi connectivity index (χ2n) is 10.3. The molecule has 3 rings (SSSR count). The molecule has 36 heavy (non-hydrogen) atoms. The zero-order valence-corrected chi connectivity index (χ0v) is 23.0. The number of rotatable bonds is 9. The fourth-order valence-electron chi connectivity index (χ4n) is 4.82. The van der Waals surface area contributed by atoms with Gasteiger partial charge in [-0.05, 0) is 73.7 Å². The number of piperazine rings is 1. The van der Waals surface area contributed by atoms with Crippen molar-refractivity contribution >= 4 is 23.4 Å². The van der Waals surface area contributed by atoms with Crippen LogP contribution in [0.4, 0.5) is 5.69 Å². The minimum absolute atomic E-state index is 0.0578. The van der Waals surface area contributed by atoms with Crippen molar-refractivity contribution in [2.24, 2.45) is 0 Å². The molecule has 0 aromatic heterocycles. The normalized spacial score (nSPS) is 17.7. The summed E-state index contributed by atoms with van der Waals surface area (Å²) in [6.45, 7) is 13.6. The third kappa shape index (κ3) is 6.35. The molecule has 0 aliphatic carbocycles. The van der Waals surface area contributed by atoms with Gasteiger partial charge in [0.2, 0.25) is 0 Å². The number of carbonyl (C=O) groups is 1. The number of hydrogen-bond donors (Lipinski definition) is 3. The van der Waals surface area contributed by atoms with Gasteiger partial charge in [-0.1, -0.05) is 39.0 Å². The van der Waals surface area contributed by atoms with Crippen LogP contribution in [0.3, 0.4) is 0 Å². The van der Waals surface area contributed by atoms with E-state index in [1.54, 1.807) is 0 Å². The average Bonchev–Trinajstić information content (AvgIpc) is 2.87. The summed E-state index contributed by atoms with van der Waals surface area (Å²) in [5.41, 5.74) is 6.81. The highest BCUT2D eigenvalue weighted by Gasteiger charge is 2.24. The molecule has 6 heteroatoms. The Labute approximate surface area is 217 Å². The maximum Gasteiger partial charge on any atom is 0.252 e. The molecular formula is C30H43N5O. The van der Waals surface area contributed by atoms with Gasteiger partial charge < -0.3 is 20.9 Å². The van der Waals surface area contributed by atoms with Gasteiger partial charge in [0.1, 0.15) is 0 Å². The van der Waals surface area contributed by atoms with Crippen molar-refractivity contribution in [3.05, 3.63) is 70.4 Å². The van der Waals surface area contributed by atoms with Crippen molar-refractivity contribution < 1.29 is 4.79 Å². The summed E-state index contributed by atoms with van der Waals surface area (Å²) < 4.78 is 0. The first-order valence-corrected chi connectivity index (χ1v) is 13.1. The summed E-state index contributed by atoms with van der Waals surface area (Å²) in [5, 5.41) is 14.1. The molecule has 6 nitrogen and oxygen atoms in total. The van der Waals surface area contributed by atoms with Crippen LogP contribution < -0.4 is 15.5 Å². The lowest BCUT2D eigenvalue weighted by Crippen LogP contribution is -2.51. The highest BCUT2D eigenvalue weighted by atomic mass is 16.1. The molecule has 2 aromatic carbocycles. The molecular weight excluding hydrogens is 446 g/mol. The number of nitrogens with one attached hydrogen (secondary N) is 3. The van der Waals surface area contributed by atoms with Gasteiger partial charge in [0.15, 0.2) is 0 Å². The van der Waals surface area contributed by atoms with Crippen molar-refractivity contribution in [2.45, 2.75) is 59.0 Å². The number of nitrogens with zero attached hydrogens (tertiary/aromatic N) is 2. The minimum atomic E-state index is -0.173. The molecule has 0 saturated carbocycles. The summed E-state index contributed by atoms with van der Waals surface area (Å²) in [7, 11) is 4.03. The zero-order chi connectivity index (χ0) is 26.4. The number of benzene rings is 2. The molecule has 0 spiro atoms. The van der Waals surface area contributed by atoms with Gasteiger partial charge in [0, 0.05) is 62.0 Å². The quantitative estimate of drug-likeness (QED) is 0.415. The second kappa shape index (κ2) is 12.2. The average molecular weight is 490 g/mol. The number of amides is 1. The third-order valence-corrected chi connectivity index (χ3v) is 7.36. The minimum Gasteiger partial charge on any atom is -0.393 e. The van der Waals surface area contributed by atoms with E-state index in [1.165, 1.54) is 11.8 Å². The predicted octanol–water partition coefficient (Wildman–Crippen LogP) is 5.35. The summed E-state index contributed by atoms with van der Waals surface area (Å²) >= 11 is 0. The number of anilines is 1. The highest BCUT2D eigenvalue weighted by molar-refractivity contribution is 6.08. The fourth-order valence-corrected chi connectivity index (χ4v) is 4.82. The monoisotopic (exact) mass is 489 g/mol. The standard InChI is InChI=1S/C30H43N5O/c1-8-27-19-35(12-11-34(27)7)28-10-9-21(4)29(16-28)30(36)33-22(5)24-13-23(20(2)3)14-25(15-24)26(17-31)18-32-6/h9-10,13-18,20,22,27,31-32H,8,11-12,19H2,1-7H3,(H,33,36)/b26-18+,31-17?/t22-,27+/m1/s1.